The fraction of sp³-hybridized carbons (Fsp3) is 0.667. The number of hydrogen-bond acceptors (Lipinski definition) is 5. The number of carbonyl (C=O) groups excluding carboxylic acids is 1. The van der Waals surface area contributed by atoms with Gasteiger partial charge in [-0.25, -0.2) is 4.79 Å². The average molecular weight is 376 g/mol. The summed E-state index contributed by atoms with van der Waals surface area (Å²) in [4.78, 5) is 16.8. The van der Waals surface area contributed by atoms with Gasteiger partial charge in [-0.3, -0.25) is 4.90 Å². The maximum absolute atomic E-state index is 12.1. The van der Waals surface area contributed by atoms with Crippen molar-refractivity contribution in [3.8, 4) is 5.75 Å². The maximum atomic E-state index is 12.1. The molecule has 2 aliphatic heterocycles. The molecule has 2 heterocycles. The zero-order chi connectivity index (χ0) is 19.6. The molecule has 3 rings (SSSR count). The number of anilines is 1. The van der Waals surface area contributed by atoms with E-state index in [0.717, 1.165) is 32.2 Å². The zero-order valence-electron chi connectivity index (χ0n) is 17.0. The second-order valence-electron chi connectivity index (χ2n) is 8.21. The van der Waals surface area contributed by atoms with Crippen LogP contribution in [0.4, 0.5) is 10.5 Å². The Morgan fingerprint density at radius 2 is 2.19 bits per heavy atom. The number of nitrogens with zero attached hydrogens (tertiary/aromatic N) is 2. The quantitative estimate of drug-likeness (QED) is 0.767. The number of ether oxygens (including phenoxy) is 1. The molecule has 0 aliphatic carbocycles. The summed E-state index contributed by atoms with van der Waals surface area (Å²) in [6.45, 7) is 5.88. The van der Waals surface area contributed by atoms with E-state index in [9.17, 15) is 9.90 Å². The molecule has 6 heteroatoms. The third-order valence-corrected chi connectivity index (χ3v) is 6.15. The van der Waals surface area contributed by atoms with Gasteiger partial charge < -0.3 is 20.1 Å². The molecule has 1 aromatic rings. The van der Waals surface area contributed by atoms with Crippen molar-refractivity contribution in [3.05, 3.63) is 23.8 Å². The van der Waals surface area contributed by atoms with Crippen LogP contribution in [0, 0.1) is 0 Å². The van der Waals surface area contributed by atoms with Crippen molar-refractivity contribution in [1.82, 2.24) is 10.2 Å². The number of likely N-dealkylation sites (tertiary alicyclic amines) is 1. The number of hydrogen-bond donors (Lipinski definition) is 2. The van der Waals surface area contributed by atoms with E-state index >= 15 is 0 Å². The van der Waals surface area contributed by atoms with Crippen LogP contribution in [-0.2, 0) is 5.41 Å². The van der Waals surface area contributed by atoms with Gasteiger partial charge in [0.1, 0.15) is 5.75 Å². The minimum absolute atomic E-state index is 0.0536. The largest absolute Gasteiger partial charge is 0.412 e. The normalized spacial score (nSPS) is 25.2. The predicted octanol–water partition coefficient (Wildman–Crippen LogP) is 3.09. The first-order chi connectivity index (χ1) is 12.9. The number of rotatable bonds is 7. The van der Waals surface area contributed by atoms with Gasteiger partial charge in [-0.05, 0) is 50.1 Å². The lowest BCUT2D eigenvalue weighted by Crippen LogP contribution is -2.45. The van der Waals surface area contributed by atoms with Crippen LogP contribution in [-0.4, -0.2) is 55.6 Å². The molecule has 0 aromatic heterocycles. The van der Waals surface area contributed by atoms with Crippen LogP contribution >= 0.6 is 0 Å². The molecule has 2 N–H and O–H groups in total. The number of aliphatic hydroxyl groups is 1. The maximum Gasteiger partial charge on any atom is 0.412 e. The van der Waals surface area contributed by atoms with Crippen LogP contribution in [0.15, 0.2) is 18.2 Å². The Hall–Kier alpha value is -1.79. The first-order valence-corrected chi connectivity index (χ1v) is 10.1. The standard InChI is InChI=1S/C21H33N3O3/c1-5-6-7-15(25)10-12-22-20(26)27-16-8-9-18-17(14-16)21(2)11-13-23(3)19(21)24(18)4/h8-9,14-15,19,25H,5-7,10-13H2,1-4H3,(H,22,26)/t15?,19-,21+/m1/s1. The van der Waals surface area contributed by atoms with Crippen LogP contribution in [0.25, 0.3) is 0 Å². The molecular weight excluding hydrogens is 342 g/mol. The lowest BCUT2D eigenvalue weighted by Gasteiger charge is -2.32. The molecule has 150 valence electrons. The summed E-state index contributed by atoms with van der Waals surface area (Å²) in [5.74, 6) is 0.572. The number of amides is 1. The van der Waals surface area contributed by atoms with Crippen molar-refractivity contribution >= 4 is 11.8 Å². The van der Waals surface area contributed by atoms with Crippen LogP contribution in [0.2, 0.25) is 0 Å². The van der Waals surface area contributed by atoms with Crippen molar-refractivity contribution < 1.29 is 14.6 Å². The molecule has 0 bridgehead atoms. The summed E-state index contributed by atoms with van der Waals surface area (Å²) in [5.41, 5.74) is 2.51. The summed E-state index contributed by atoms with van der Waals surface area (Å²) >= 11 is 0. The molecule has 3 atom stereocenters. The summed E-state index contributed by atoms with van der Waals surface area (Å²) < 4.78 is 5.49. The Bertz CT molecular complexity index is 681. The highest BCUT2D eigenvalue weighted by Crippen LogP contribution is 2.51. The fourth-order valence-corrected chi connectivity index (χ4v) is 4.69. The van der Waals surface area contributed by atoms with E-state index in [4.69, 9.17) is 4.74 Å². The van der Waals surface area contributed by atoms with E-state index in [0.29, 0.717) is 24.9 Å². The second-order valence-corrected chi connectivity index (χ2v) is 8.21. The molecule has 0 saturated carbocycles. The van der Waals surface area contributed by atoms with E-state index in [1.165, 1.54) is 11.3 Å². The van der Waals surface area contributed by atoms with Crippen molar-refractivity contribution in [2.75, 3.05) is 32.1 Å². The molecular formula is C21H33N3O3. The smallest absolute Gasteiger partial charge is 0.410 e. The van der Waals surface area contributed by atoms with Crippen LogP contribution in [0.1, 0.15) is 51.5 Å². The van der Waals surface area contributed by atoms with Gasteiger partial charge in [0.15, 0.2) is 0 Å². The monoisotopic (exact) mass is 375 g/mol. The lowest BCUT2D eigenvalue weighted by atomic mass is 9.81. The first kappa shape index (κ1) is 20.0. The summed E-state index contributed by atoms with van der Waals surface area (Å²) in [6.07, 6.45) is 4.01. The number of fused-ring (bicyclic) bond motifs is 3. The molecule has 6 nitrogen and oxygen atoms in total. The molecule has 0 radical (unpaired) electrons. The highest BCUT2D eigenvalue weighted by atomic mass is 16.6. The van der Waals surface area contributed by atoms with Crippen LogP contribution in [0.3, 0.4) is 0 Å². The number of likely N-dealkylation sites (N-methyl/N-ethyl adjacent to an activating group) is 2. The van der Waals surface area contributed by atoms with E-state index < -0.39 is 6.09 Å². The minimum atomic E-state index is -0.464. The molecule has 1 unspecified atom stereocenters. The highest BCUT2D eigenvalue weighted by Gasteiger charge is 2.52. The predicted molar refractivity (Wildman–Crippen MR) is 107 cm³/mol. The lowest BCUT2D eigenvalue weighted by molar-refractivity contribution is 0.149. The topological polar surface area (TPSA) is 65.0 Å². The van der Waals surface area contributed by atoms with Crippen molar-refractivity contribution in [1.29, 1.82) is 0 Å². The van der Waals surface area contributed by atoms with Crippen molar-refractivity contribution in [3.63, 3.8) is 0 Å². The number of benzene rings is 1. The van der Waals surface area contributed by atoms with E-state index in [2.05, 4.69) is 43.1 Å². The minimum Gasteiger partial charge on any atom is -0.410 e. The molecule has 2 aliphatic rings. The highest BCUT2D eigenvalue weighted by molar-refractivity contribution is 5.72. The summed E-state index contributed by atoms with van der Waals surface area (Å²) in [7, 11) is 4.30. The van der Waals surface area contributed by atoms with Gasteiger partial charge in [0, 0.05) is 31.2 Å². The number of aliphatic hydroxyl groups excluding tert-OH is 1. The summed E-state index contributed by atoms with van der Waals surface area (Å²) in [6, 6.07) is 5.92. The Labute approximate surface area is 162 Å². The van der Waals surface area contributed by atoms with Gasteiger partial charge >= 0.3 is 6.09 Å². The van der Waals surface area contributed by atoms with Gasteiger partial charge in [-0.15, -0.1) is 0 Å². The first-order valence-electron chi connectivity index (χ1n) is 10.1. The molecule has 1 saturated heterocycles. The Kier molecular flexibility index (Phi) is 5.96. The van der Waals surface area contributed by atoms with Gasteiger partial charge in [0.25, 0.3) is 0 Å². The molecule has 1 fully saturated rings. The average Bonchev–Trinajstić information content (AvgIpc) is 3.05. The number of unbranched alkanes of at least 4 members (excludes halogenated alkanes) is 1. The van der Waals surface area contributed by atoms with E-state index in [1.54, 1.807) is 0 Å². The molecule has 1 amide bonds. The van der Waals surface area contributed by atoms with Gasteiger partial charge in [0.2, 0.25) is 0 Å². The molecule has 27 heavy (non-hydrogen) atoms. The fourth-order valence-electron chi connectivity index (χ4n) is 4.69. The summed E-state index contributed by atoms with van der Waals surface area (Å²) in [5, 5.41) is 12.6. The van der Waals surface area contributed by atoms with Gasteiger partial charge in [0.05, 0.1) is 12.3 Å². The van der Waals surface area contributed by atoms with E-state index in [-0.39, 0.29) is 11.5 Å². The van der Waals surface area contributed by atoms with Gasteiger partial charge in [-0.2, -0.15) is 0 Å². The molecule has 1 aromatic carbocycles. The van der Waals surface area contributed by atoms with Crippen LogP contribution < -0.4 is 15.0 Å². The number of nitrogens with one attached hydrogen (secondary N) is 1. The molecule has 0 spiro atoms. The van der Waals surface area contributed by atoms with Crippen molar-refractivity contribution in [2.24, 2.45) is 0 Å². The SMILES string of the molecule is CCCCC(O)CCNC(=O)Oc1ccc2c(c1)[C@]1(C)CCN(C)[C@@H]1N2C. The van der Waals surface area contributed by atoms with Gasteiger partial charge in [-0.1, -0.05) is 26.7 Å². The van der Waals surface area contributed by atoms with E-state index in [1.807, 2.05) is 18.2 Å². The third kappa shape index (κ3) is 3.92. The third-order valence-electron chi connectivity index (χ3n) is 6.15. The van der Waals surface area contributed by atoms with Crippen molar-refractivity contribution in [2.45, 2.75) is 63.6 Å². The Morgan fingerprint density at radius 3 is 2.93 bits per heavy atom. The zero-order valence-corrected chi connectivity index (χ0v) is 17.0. The number of carbonyl (C=O) groups is 1. The Morgan fingerprint density at radius 1 is 1.41 bits per heavy atom. The van der Waals surface area contributed by atoms with Crippen LogP contribution in [0.5, 0.6) is 5.75 Å². The second kappa shape index (κ2) is 8.07. The Balaban J connectivity index is 1.59.